The molecular formula is C15H20N2O. The first-order valence-corrected chi connectivity index (χ1v) is 6.51. The summed E-state index contributed by atoms with van der Waals surface area (Å²) < 4.78 is 5.62. The molecule has 1 saturated heterocycles. The van der Waals surface area contributed by atoms with Gasteiger partial charge in [0.1, 0.15) is 0 Å². The maximum absolute atomic E-state index is 9.35. The highest BCUT2D eigenvalue weighted by atomic mass is 16.5. The molecule has 0 radical (unpaired) electrons. The number of rotatable bonds is 3. The molecule has 1 aromatic rings. The van der Waals surface area contributed by atoms with Crippen molar-refractivity contribution in [2.24, 2.45) is 0 Å². The molecule has 0 amide bonds. The zero-order valence-electron chi connectivity index (χ0n) is 11.0. The van der Waals surface area contributed by atoms with Crippen LogP contribution in [0.3, 0.4) is 0 Å². The zero-order chi connectivity index (χ0) is 13.0. The summed E-state index contributed by atoms with van der Waals surface area (Å²) in [5, 5.41) is 9.35. The molecule has 18 heavy (non-hydrogen) atoms. The molecule has 3 atom stereocenters. The van der Waals surface area contributed by atoms with Gasteiger partial charge < -0.3 is 4.74 Å². The van der Waals surface area contributed by atoms with E-state index in [1.54, 1.807) is 0 Å². The van der Waals surface area contributed by atoms with Gasteiger partial charge in [0, 0.05) is 19.1 Å². The van der Waals surface area contributed by atoms with Crippen molar-refractivity contribution in [3.05, 3.63) is 35.9 Å². The molecule has 0 aromatic heterocycles. The van der Waals surface area contributed by atoms with Crippen LogP contribution in [0, 0.1) is 11.3 Å². The Morgan fingerprint density at radius 3 is 2.78 bits per heavy atom. The second-order valence-electron chi connectivity index (χ2n) is 5.04. The summed E-state index contributed by atoms with van der Waals surface area (Å²) in [6, 6.07) is 12.8. The van der Waals surface area contributed by atoms with Crippen LogP contribution >= 0.6 is 0 Å². The maximum Gasteiger partial charge on any atom is 0.0839 e. The smallest absolute Gasteiger partial charge is 0.0839 e. The van der Waals surface area contributed by atoms with Gasteiger partial charge in [-0.3, -0.25) is 4.90 Å². The van der Waals surface area contributed by atoms with Crippen LogP contribution in [-0.2, 0) is 4.74 Å². The van der Waals surface area contributed by atoms with Crippen molar-refractivity contribution in [1.29, 1.82) is 5.26 Å². The van der Waals surface area contributed by atoms with Crippen LogP contribution < -0.4 is 0 Å². The van der Waals surface area contributed by atoms with Gasteiger partial charge in [-0.05, 0) is 19.4 Å². The monoisotopic (exact) mass is 244 g/mol. The lowest BCUT2D eigenvalue weighted by Gasteiger charge is -2.37. The molecule has 1 fully saturated rings. The predicted molar refractivity (Wildman–Crippen MR) is 71.2 cm³/mol. The highest BCUT2D eigenvalue weighted by molar-refractivity contribution is 5.25. The predicted octanol–water partition coefficient (Wildman–Crippen LogP) is 2.40. The number of benzene rings is 1. The molecule has 1 aromatic carbocycles. The molecule has 0 N–H and O–H groups in total. The first-order chi connectivity index (χ1) is 8.70. The van der Waals surface area contributed by atoms with Crippen LogP contribution in [0.25, 0.3) is 0 Å². The fourth-order valence-electron chi connectivity index (χ4n) is 2.37. The Hall–Kier alpha value is -1.37. The van der Waals surface area contributed by atoms with E-state index in [0.717, 1.165) is 25.3 Å². The average Bonchev–Trinajstić information content (AvgIpc) is 2.41. The number of morpholine rings is 1. The van der Waals surface area contributed by atoms with Gasteiger partial charge >= 0.3 is 0 Å². The molecule has 1 aliphatic heterocycles. The Kier molecular flexibility index (Phi) is 4.35. The summed E-state index contributed by atoms with van der Waals surface area (Å²) >= 11 is 0. The standard InChI is InChI=1S/C15H20N2O/c1-12-11-18-13(2)9-17(12)10-15(8-16)14-6-4-3-5-7-14/h3-7,12-13,15H,9-11H2,1-2H3. The highest BCUT2D eigenvalue weighted by Crippen LogP contribution is 2.20. The minimum Gasteiger partial charge on any atom is -0.376 e. The summed E-state index contributed by atoms with van der Waals surface area (Å²) in [5.41, 5.74) is 1.10. The first kappa shape index (κ1) is 13.1. The second-order valence-corrected chi connectivity index (χ2v) is 5.04. The molecule has 0 saturated carbocycles. The third-order valence-corrected chi connectivity index (χ3v) is 3.51. The molecule has 1 aliphatic rings. The van der Waals surface area contributed by atoms with Gasteiger partial charge in [0.2, 0.25) is 0 Å². The SMILES string of the molecule is CC1CN(CC(C#N)c2ccccc2)C(C)CO1. The Bertz CT molecular complexity index is 412. The number of ether oxygens (including phenoxy) is 1. The van der Waals surface area contributed by atoms with E-state index in [0.29, 0.717) is 6.04 Å². The van der Waals surface area contributed by atoms with Gasteiger partial charge in [0.25, 0.3) is 0 Å². The van der Waals surface area contributed by atoms with Crippen LogP contribution in [0.1, 0.15) is 25.3 Å². The Morgan fingerprint density at radius 1 is 1.39 bits per heavy atom. The average molecular weight is 244 g/mol. The largest absolute Gasteiger partial charge is 0.376 e. The van der Waals surface area contributed by atoms with Gasteiger partial charge in [0.15, 0.2) is 0 Å². The van der Waals surface area contributed by atoms with Crippen molar-refractivity contribution in [2.75, 3.05) is 19.7 Å². The van der Waals surface area contributed by atoms with Crippen molar-refractivity contribution in [3.8, 4) is 6.07 Å². The number of hydrogen-bond acceptors (Lipinski definition) is 3. The fourth-order valence-corrected chi connectivity index (χ4v) is 2.37. The van der Waals surface area contributed by atoms with E-state index >= 15 is 0 Å². The van der Waals surface area contributed by atoms with Crippen molar-refractivity contribution < 1.29 is 4.74 Å². The summed E-state index contributed by atoms with van der Waals surface area (Å²) in [4.78, 5) is 2.36. The lowest BCUT2D eigenvalue weighted by molar-refractivity contribution is -0.0498. The first-order valence-electron chi connectivity index (χ1n) is 6.51. The Balaban J connectivity index is 2.04. The minimum atomic E-state index is -0.0565. The van der Waals surface area contributed by atoms with E-state index in [2.05, 4.69) is 24.8 Å². The van der Waals surface area contributed by atoms with E-state index < -0.39 is 0 Å². The van der Waals surface area contributed by atoms with E-state index in [1.807, 2.05) is 30.3 Å². The fraction of sp³-hybridized carbons (Fsp3) is 0.533. The van der Waals surface area contributed by atoms with Crippen LogP contribution in [-0.4, -0.2) is 36.7 Å². The second kappa shape index (κ2) is 5.99. The molecule has 3 nitrogen and oxygen atoms in total. The van der Waals surface area contributed by atoms with Gasteiger partial charge in [0.05, 0.1) is 24.7 Å². The molecule has 96 valence electrons. The third kappa shape index (κ3) is 3.10. The highest BCUT2D eigenvalue weighted by Gasteiger charge is 2.26. The zero-order valence-corrected chi connectivity index (χ0v) is 11.0. The maximum atomic E-state index is 9.35. The number of hydrogen-bond donors (Lipinski definition) is 0. The molecule has 0 spiro atoms. The van der Waals surface area contributed by atoms with E-state index in [-0.39, 0.29) is 12.0 Å². The van der Waals surface area contributed by atoms with Gasteiger partial charge in [-0.15, -0.1) is 0 Å². The lowest BCUT2D eigenvalue weighted by atomic mass is 9.99. The third-order valence-electron chi connectivity index (χ3n) is 3.51. The van der Waals surface area contributed by atoms with E-state index in [4.69, 9.17) is 4.74 Å². The van der Waals surface area contributed by atoms with Gasteiger partial charge in [-0.25, -0.2) is 0 Å². The minimum absolute atomic E-state index is 0.0565. The van der Waals surface area contributed by atoms with Gasteiger partial charge in [-0.1, -0.05) is 30.3 Å². The summed E-state index contributed by atoms with van der Waals surface area (Å²) in [6.45, 7) is 6.70. The molecule has 1 heterocycles. The van der Waals surface area contributed by atoms with Crippen molar-refractivity contribution in [3.63, 3.8) is 0 Å². The summed E-state index contributed by atoms with van der Waals surface area (Å²) in [6.07, 6.45) is 0.260. The molecule has 2 rings (SSSR count). The van der Waals surface area contributed by atoms with Gasteiger partial charge in [-0.2, -0.15) is 5.26 Å². The van der Waals surface area contributed by atoms with Crippen molar-refractivity contribution in [1.82, 2.24) is 4.90 Å². The number of nitriles is 1. The summed E-state index contributed by atoms with van der Waals surface area (Å²) in [7, 11) is 0. The molecule has 3 heteroatoms. The van der Waals surface area contributed by atoms with Crippen molar-refractivity contribution >= 4 is 0 Å². The number of nitrogens with zero attached hydrogens (tertiary/aromatic N) is 2. The molecule has 3 unspecified atom stereocenters. The Morgan fingerprint density at radius 2 is 2.11 bits per heavy atom. The molecule has 0 bridgehead atoms. The molecular weight excluding hydrogens is 224 g/mol. The van der Waals surface area contributed by atoms with E-state index in [1.165, 1.54) is 0 Å². The summed E-state index contributed by atoms with van der Waals surface area (Å²) in [5.74, 6) is -0.0565. The van der Waals surface area contributed by atoms with E-state index in [9.17, 15) is 5.26 Å². The van der Waals surface area contributed by atoms with Crippen LogP contribution in [0.2, 0.25) is 0 Å². The quantitative estimate of drug-likeness (QED) is 0.819. The van der Waals surface area contributed by atoms with Crippen LogP contribution in [0.15, 0.2) is 30.3 Å². The lowest BCUT2D eigenvalue weighted by Crippen LogP contribution is -2.48. The van der Waals surface area contributed by atoms with Crippen LogP contribution in [0.4, 0.5) is 0 Å². The normalized spacial score (nSPS) is 26.5. The molecule has 0 aliphatic carbocycles. The van der Waals surface area contributed by atoms with Crippen molar-refractivity contribution in [2.45, 2.75) is 31.9 Å². The topological polar surface area (TPSA) is 36.3 Å². The van der Waals surface area contributed by atoms with Crippen LogP contribution in [0.5, 0.6) is 0 Å². The Labute approximate surface area is 109 Å².